The Hall–Kier alpha value is -2.18. The summed E-state index contributed by atoms with van der Waals surface area (Å²) in [6.07, 6.45) is 0.790. The van der Waals surface area contributed by atoms with Crippen molar-refractivity contribution in [1.82, 2.24) is 4.31 Å². The summed E-state index contributed by atoms with van der Waals surface area (Å²) in [5, 5.41) is 0. The normalized spacial score (nSPS) is 18.0. The number of nitrogens with zero attached hydrogens (tertiary/aromatic N) is 1. The maximum Gasteiger partial charge on any atom is 0.243 e. The molecular formula is C18H19NO4S. The van der Waals surface area contributed by atoms with Gasteiger partial charge in [-0.2, -0.15) is 4.31 Å². The smallest absolute Gasteiger partial charge is 0.243 e. The van der Waals surface area contributed by atoms with Gasteiger partial charge < -0.3 is 9.53 Å². The summed E-state index contributed by atoms with van der Waals surface area (Å²) in [7, 11) is -2.10. The van der Waals surface area contributed by atoms with Gasteiger partial charge in [0.15, 0.2) is 0 Å². The number of carbonyl (C=O) groups excluding carboxylic acids is 1. The number of methoxy groups -OCH3 is 1. The molecule has 0 aromatic heterocycles. The number of carbonyl (C=O) groups is 1. The van der Waals surface area contributed by atoms with Crippen molar-refractivity contribution in [2.24, 2.45) is 0 Å². The van der Waals surface area contributed by atoms with E-state index in [-0.39, 0.29) is 18.0 Å². The van der Waals surface area contributed by atoms with E-state index in [1.807, 2.05) is 19.1 Å². The number of sulfonamides is 1. The van der Waals surface area contributed by atoms with Gasteiger partial charge in [0.2, 0.25) is 10.0 Å². The van der Waals surface area contributed by atoms with Gasteiger partial charge in [-0.15, -0.1) is 0 Å². The van der Waals surface area contributed by atoms with E-state index in [0.717, 1.165) is 23.0 Å². The van der Waals surface area contributed by atoms with Crippen LogP contribution in [0, 0.1) is 6.92 Å². The summed E-state index contributed by atoms with van der Waals surface area (Å²) >= 11 is 0. The summed E-state index contributed by atoms with van der Waals surface area (Å²) in [6.45, 7) is 2.25. The van der Waals surface area contributed by atoms with Crippen LogP contribution < -0.4 is 4.74 Å². The molecule has 0 unspecified atom stereocenters. The number of aldehydes is 1. The lowest BCUT2D eigenvalue weighted by atomic mass is 9.91. The van der Waals surface area contributed by atoms with Crippen LogP contribution in [0.15, 0.2) is 47.4 Å². The number of hydrogen-bond acceptors (Lipinski definition) is 4. The molecule has 6 heteroatoms. The fourth-order valence-electron chi connectivity index (χ4n) is 3.04. The summed E-state index contributed by atoms with van der Waals surface area (Å²) in [4.78, 5) is 11.8. The zero-order valence-electron chi connectivity index (χ0n) is 13.6. The molecule has 24 heavy (non-hydrogen) atoms. The van der Waals surface area contributed by atoms with Crippen molar-refractivity contribution in [1.29, 1.82) is 0 Å². The SMILES string of the molecule is COc1cccc2c1[C@H](C=O)CN(S(=O)(=O)c1ccc(C)cc1)C2. The predicted octanol–water partition coefficient (Wildman–Crippen LogP) is 2.49. The Morgan fingerprint density at radius 2 is 1.88 bits per heavy atom. The van der Waals surface area contributed by atoms with Gasteiger partial charge in [0.1, 0.15) is 12.0 Å². The van der Waals surface area contributed by atoms with Crippen LogP contribution in [0.4, 0.5) is 0 Å². The Morgan fingerprint density at radius 1 is 1.17 bits per heavy atom. The predicted molar refractivity (Wildman–Crippen MR) is 90.6 cm³/mol. The van der Waals surface area contributed by atoms with Gasteiger partial charge in [0, 0.05) is 18.7 Å². The molecule has 0 N–H and O–H groups in total. The van der Waals surface area contributed by atoms with Crippen LogP contribution in [0.2, 0.25) is 0 Å². The minimum atomic E-state index is -3.65. The largest absolute Gasteiger partial charge is 0.496 e. The molecule has 1 atom stereocenters. The number of fused-ring (bicyclic) bond motifs is 1. The van der Waals surface area contributed by atoms with Crippen molar-refractivity contribution in [3.8, 4) is 5.75 Å². The highest BCUT2D eigenvalue weighted by atomic mass is 32.2. The van der Waals surface area contributed by atoms with Crippen LogP contribution in [0.3, 0.4) is 0 Å². The molecule has 0 amide bonds. The van der Waals surface area contributed by atoms with E-state index in [4.69, 9.17) is 4.74 Å². The molecule has 1 heterocycles. The van der Waals surface area contributed by atoms with Crippen LogP contribution in [0.1, 0.15) is 22.6 Å². The summed E-state index contributed by atoms with van der Waals surface area (Å²) in [6, 6.07) is 12.2. The maximum absolute atomic E-state index is 12.9. The fourth-order valence-corrected chi connectivity index (χ4v) is 4.49. The van der Waals surface area contributed by atoms with E-state index < -0.39 is 15.9 Å². The number of ether oxygens (including phenoxy) is 1. The first kappa shape index (κ1) is 16.7. The molecular weight excluding hydrogens is 326 g/mol. The molecule has 126 valence electrons. The van der Waals surface area contributed by atoms with Crippen molar-refractivity contribution >= 4 is 16.3 Å². The Bertz CT molecular complexity index is 859. The first-order valence-corrected chi connectivity index (χ1v) is 9.09. The summed E-state index contributed by atoms with van der Waals surface area (Å²) < 4.78 is 32.5. The summed E-state index contributed by atoms with van der Waals surface area (Å²) in [5.41, 5.74) is 2.58. The highest BCUT2D eigenvalue weighted by Crippen LogP contribution is 2.36. The fraction of sp³-hybridized carbons (Fsp3) is 0.278. The number of benzene rings is 2. The molecule has 2 aromatic rings. The molecule has 5 nitrogen and oxygen atoms in total. The van der Waals surface area contributed by atoms with Gasteiger partial charge in [-0.3, -0.25) is 0 Å². The van der Waals surface area contributed by atoms with Crippen molar-refractivity contribution in [2.45, 2.75) is 24.3 Å². The Morgan fingerprint density at radius 3 is 2.50 bits per heavy atom. The average molecular weight is 345 g/mol. The minimum Gasteiger partial charge on any atom is -0.496 e. The van der Waals surface area contributed by atoms with E-state index in [0.29, 0.717) is 5.75 Å². The Balaban J connectivity index is 2.02. The van der Waals surface area contributed by atoms with E-state index in [1.54, 1.807) is 37.4 Å². The molecule has 0 saturated heterocycles. The molecule has 3 rings (SSSR count). The number of rotatable bonds is 4. The second kappa shape index (κ2) is 6.37. The van der Waals surface area contributed by atoms with Crippen molar-refractivity contribution in [3.05, 3.63) is 59.2 Å². The van der Waals surface area contributed by atoms with E-state index in [2.05, 4.69) is 0 Å². The molecule has 1 aliphatic heterocycles. The second-order valence-electron chi connectivity index (χ2n) is 5.89. The lowest BCUT2D eigenvalue weighted by Gasteiger charge is -2.32. The molecule has 0 spiro atoms. The zero-order valence-corrected chi connectivity index (χ0v) is 14.4. The lowest BCUT2D eigenvalue weighted by molar-refractivity contribution is -0.109. The average Bonchev–Trinajstić information content (AvgIpc) is 2.60. The van der Waals surface area contributed by atoms with Gasteiger partial charge in [-0.25, -0.2) is 8.42 Å². The van der Waals surface area contributed by atoms with Crippen molar-refractivity contribution < 1.29 is 17.9 Å². The van der Waals surface area contributed by atoms with Crippen LogP contribution in [-0.2, 0) is 21.4 Å². The quantitative estimate of drug-likeness (QED) is 0.799. The van der Waals surface area contributed by atoms with Gasteiger partial charge in [-0.05, 0) is 30.7 Å². The summed E-state index contributed by atoms with van der Waals surface area (Å²) in [5.74, 6) is 0.0853. The maximum atomic E-state index is 12.9. The zero-order chi connectivity index (χ0) is 17.3. The molecule has 0 saturated carbocycles. The van der Waals surface area contributed by atoms with Crippen molar-refractivity contribution in [3.63, 3.8) is 0 Å². The van der Waals surface area contributed by atoms with E-state index >= 15 is 0 Å². The molecule has 1 aliphatic rings. The van der Waals surface area contributed by atoms with Gasteiger partial charge in [0.05, 0.1) is 17.9 Å². The molecule has 0 radical (unpaired) electrons. The van der Waals surface area contributed by atoms with Crippen LogP contribution in [0.5, 0.6) is 5.75 Å². The minimum absolute atomic E-state index is 0.118. The lowest BCUT2D eigenvalue weighted by Crippen LogP contribution is -2.38. The third-order valence-electron chi connectivity index (χ3n) is 4.32. The van der Waals surface area contributed by atoms with Crippen molar-refractivity contribution in [2.75, 3.05) is 13.7 Å². The van der Waals surface area contributed by atoms with Crippen LogP contribution >= 0.6 is 0 Å². The third-order valence-corrected chi connectivity index (χ3v) is 6.14. The number of hydrogen-bond donors (Lipinski definition) is 0. The standard InChI is InChI=1S/C18H19NO4S/c1-13-6-8-16(9-7-13)24(21,22)19-10-14-4-3-5-17(23-2)18(14)15(11-19)12-20/h3-9,12,15H,10-11H2,1-2H3/t15-/m0/s1. The van der Waals surface area contributed by atoms with Gasteiger partial charge >= 0.3 is 0 Å². The molecule has 2 aromatic carbocycles. The second-order valence-corrected chi connectivity index (χ2v) is 7.82. The molecule has 0 fully saturated rings. The van der Waals surface area contributed by atoms with Crippen LogP contribution in [-0.4, -0.2) is 32.7 Å². The molecule has 0 bridgehead atoms. The third kappa shape index (κ3) is 2.83. The van der Waals surface area contributed by atoms with Gasteiger partial charge in [-0.1, -0.05) is 29.8 Å². The molecule has 0 aliphatic carbocycles. The highest BCUT2D eigenvalue weighted by Gasteiger charge is 2.34. The monoisotopic (exact) mass is 345 g/mol. The first-order valence-electron chi connectivity index (χ1n) is 7.65. The highest BCUT2D eigenvalue weighted by molar-refractivity contribution is 7.89. The Kier molecular flexibility index (Phi) is 4.43. The van der Waals surface area contributed by atoms with Crippen LogP contribution in [0.25, 0.3) is 0 Å². The van der Waals surface area contributed by atoms with E-state index in [1.165, 1.54) is 4.31 Å². The Labute approximate surface area is 141 Å². The topological polar surface area (TPSA) is 63.7 Å². The number of aryl methyl sites for hydroxylation is 1. The van der Waals surface area contributed by atoms with Gasteiger partial charge in [0.25, 0.3) is 0 Å². The first-order chi connectivity index (χ1) is 11.5. The van der Waals surface area contributed by atoms with E-state index in [9.17, 15) is 13.2 Å².